The summed E-state index contributed by atoms with van der Waals surface area (Å²) in [5, 5.41) is 1.63. The molecule has 136 valence electrons. The fourth-order valence-corrected chi connectivity index (χ4v) is 4.03. The number of nitrogens with zero attached hydrogens (tertiary/aromatic N) is 3. The molecule has 3 heterocycles. The van der Waals surface area contributed by atoms with E-state index < -0.39 is 5.97 Å². The van der Waals surface area contributed by atoms with Gasteiger partial charge in [0.15, 0.2) is 12.4 Å². The van der Waals surface area contributed by atoms with Gasteiger partial charge in [-0.05, 0) is 43.7 Å². The summed E-state index contributed by atoms with van der Waals surface area (Å²) in [5.41, 5.74) is 8.22. The summed E-state index contributed by atoms with van der Waals surface area (Å²) < 4.78 is 7.45. The van der Waals surface area contributed by atoms with Crippen molar-refractivity contribution in [3.05, 3.63) is 70.6 Å². The van der Waals surface area contributed by atoms with E-state index in [2.05, 4.69) is 9.97 Å². The molecule has 3 aromatic heterocycles. The lowest BCUT2D eigenvalue weighted by atomic mass is 10.1. The molecule has 0 fully saturated rings. The zero-order valence-electron chi connectivity index (χ0n) is 15.0. The van der Waals surface area contributed by atoms with Gasteiger partial charge in [-0.1, -0.05) is 12.1 Å². The van der Waals surface area contributed by atoms with Crippen LogP contribution in [0.25, 0.3) is 15.9 Å². The van der Waals surface area contributed by atoms with Gasteiger partial charge in [-0.15, -0.1) is 11.3 Å². The molecule has 0 spiro atoms. The van der Waals surface area contributed by atoms with Gasteiger partial charge in [0.05, 0.1) is 11.1 Å². The van der Waals surface area contributed by atoms with E-state index in [1.807, 2.05) is 67.2 Å². The molecule has 4 rings (SSSR count). The van der Waals surface area contributed by atoms with Gasteiger partial charge in [0.25, 0.3) is 0 Å². The number of benzene rings is 1. The number of rotatable bonds is 4. The van der Waals surface area contributed by atoms with Crippen molar-refractivity contribution in [1.29, 1.82) is 0 Å². The van der Waals surface area contributed by atoms with Crippen molar-refractivity contribution < 1.29 is 9.53 Å². The van der Waals surface area contributed by atoms with Crippen molar-refractivity contribution in [1.82, 2.24) is 14.5 Å². The third kappa shape index (κ3) is 3.17. The van der Waals surface area contributed by atoms with Crippen LogP contribution >= 0.6 is 11.3 Å². The number of ether oxygens (including phenoxy) is 1. The highest BCUT2D eigenvalue weighted by Crippen LogP contribution is 2.31. The molecule has 7 heteroatoms. The second-order valence-corrected chi connectivity index (χ2v) is 7.38. The zero-order valence-corrected chi connectivity index (χ0v) is 15.8. The van der Waals surface area contributed by atoms with Crippen LogP contribution in [0, 0.1) is 13.8 Å². The molecule has 0 atom stereocenters. The monoisotopic (exact) mass is 378 g/mol. The first-order chi connectivity index (χ1) is 13.0. The molecule has 0 aliphatic rings. The van der Waals surface area contributed by atoms with Crippen LogP contribution in [0.5, 0.6) is 0 Å². The fourth-order valence-electron chi connectivity index (χ4n) is 2.92. The molecule has 2 N–H and O–H groups in total. The molecular weight excluding hydrogens is 360 g/mol. The van der Waals surface area contributed by atoms with Crippen LogP contribution in [0.15, 0.2) is 48.8 Å². The SMILES string of the molecule is Cc1sc(-n2cccc2)c(C(=O)OCc2nc(N)c3ccccc3n2)c1C. The summed E-state index contributed by atoms with van der Waals surface area (Å²) in [6, 6.07) is 11.3. The van der Waals surface area contributed by atoms with Crippen molar-refractivity contribution in [2.24, 2.45) is 0 Å². The number of aryl methyl sites for hydroxylation is 1. The van der Waals surface area contributed by atoms with E-state index in [9.17, 15) is 4.79 Å². The summed E-state index contributed by atoms with van der Waals surface area (Å²) in [5.74, 6) is 0.366. The number of fused-ring (bicyclic) bond motifs is 1. The Bertz CT molecular complexity index is 1130. The molecule has 0 aliphatic heterocycles. The Morgan fingerprint density at radius 3 is 2.67 bits per heavy atom. The molecule has 0 saturated carbocycles. The van der Waals surface area contributed by atoms with Gasteiger partial charge >= 0.3 is 5.97 Å². The van der Waals surface area contributed by atoms with Crippen LogP contribution in [-0.2, 0) is 11.3 Å². The number of carbonyl (C=O) groups is 1. The number of nitrogens with two attached hydrogens (primary N) is 1. The standard InChI is InChI=1S/C20H18N4O2S/c1-12-13(2)27-19(24-9-5-6-10-24)17(12)20(25)26-11-16-22-15-8-4-3-7-14(15)18(21)23-16/h3-10H,11H2,1-2H3,(H2,21,22,23). The largest absolute Gasteiger partial charge is 0.454 e. The Morgan fingerprint density at radius 1 is 1.15 bits per heavy atom. The van der Waals surface area contributed by atoms with Gasteiger partial charge in [0, 0.05) is 22.7 Å². The molecule has 0 unspecified atom stereocenters. The van der Waals surface area contributed by atoms with E-state index in [0.29, 0.717) is 17.2 Å². The highest BCUT2D eigenvalue weighted by atomic mass is 32.1. The Balaban J connectivity index is 1.61. The number of hydrogen-bond donors (Lipinski definition) is 1. The summed E-state index contributed by atoms with van der Waals surface area (Å²) in [4.78, 5) is 22.6. The van der Waals surface area contributed by atoms with Crippen molar-refractivity contribution >= 4 is 34.0 Å². The number of hydrogen-bond acceptors (Lipinski definition) is 6. The maximum atomic E-state index is 12.8. The minimum absolute atomic E-state index is 0.0344. The molecule has 27 heavy (non-hydrogen) atoms. The smallest absolute Gasteiger partial charge is 0.341 e. The highest BCUT2D eigenvalue weighted by molar-refractivity contribution is 7.15. The first-order valence-electron chi connectivity index (χ1n) is 8.46. The second-order valence-electron chi connectivity index (χ2n) is 6.17. The average molecular weight is 378 g/mol. The first-order valence-corrected chi connectivity index (χ1v) is 9.28. The van der Waals surface area contributed by atoms with Crippen LogP contribution in [0.2, 0.25) is 0 Å². The third-order valence-corrected chi connectivity index (χ3v) is 5.64. The highest BCUT2D eigenvalue weighted by Gasteiger charge is 2.22. The lowest BCUT2D eigenvalue weighted by molar-refractivity contribution is 0.0462. The van der Waals surface area contributed by atoms with E-state index >= 15 is 0 Å². The molecule has 6 nitrogen and oxygen atoms in total. The number of nitrogen functional groups attached to an aromatic ring is 1. The van der Waals surface area contributed by atoms with E-state index in [0.717, 1.165) is 26.3 Å². The minimum atomic E-state index is -0.393. The number of thiophene rings is 1. The Hall–Kier alpha value is -3.19. The Labute approximate surface area is 160 Å². The van der Waals surface area contributed by atoms with Crippen LogP contribution in [0.4, 0.5) is 5.82 Å². The third-order valence-electron chi connectivity index (χ3n) is 4.42. The van der Waals surface area contributed by atoms with Crippen molar-refractivity contribution in [3.8, 4) is 5.00 Å². The summed E-state index contributed by atoms with van der Waals surface area (Å²) in [6.45, 7) is 3.89. The predicted octanol–water partition coefficient (Wildman–Crippen LogP) is 4.04. The van der Waals surface area contributed by atoms with E-state index in [1.54, 1.807) is 11.3 Å². The fraction of sp³-hybridized carbons (Fsp3) is 0.150. The van der Waals surface area contributed by atoms with Crippen molar-refractivity contribution in [3.63, 3.8) is 0 Å². The second kappa shape index (κ2) is 6.85. The molecule has 0 radical (unpaired) electrons. The van der Waals surface area contributed by atoms with E-state index in [-0.39, 0.29) is 6.61 Å². The van der Waals surface area contributed by atoms with Crippen LogP contribution < -0.4 is 5.73 Å². The lowest BCUT2D eigenvalue weighted by Gasteiger charge is -2.09. The number of carbonyl (C=O) groups excluding carboxylic acids is 1. The van der Waals surface area contributed by atoms with Crippen LogP contribution in [0.1, 0.15) is 26.6 Å². The summed E-state index contributed by atoms with van der Waals surface area (Å²) >= 11 is 1.56. The topological polar surface area (TPSA) is 83.0 Å². The molecule has 4 aromatic rings. The maximum Gasteiger partial charge on any atom is 0.341 e. The van der Waals surface area contributed by atoms with E-state index in [4.69, 9.17) is 10.5 Å². The molecule has 1 aromatic carbocycles. The Kier molecular flexibility index (Phi) is 4.37. The molecule has 0 saturated heterocycles. The molecular formula is C20H18N4O2S. The predicted molar refractivity (Wildman–Crippen MR) is 106 cm³/mol. The van der Waals surface area contributed by atoms with Gasteiger partial charge in [0.2, 0.25) is 0 Å². The molecule has 0 bridgehead atoms. The summed E-state index contributed by atoms with van der Waals surface area (Å²) in [6.07, 6.45) is 3.82. The number of anilines is 1. The van der Waals surface area contributed by atoms with E-state index in [1.165, 1.54) is 0 Å². The van der Waals surface area contributed by atoms with Gasteiger partial charge in [-0.3, -0.25) is 0 Å². The van der Waals surface area contributed by atoms with Gasteiger partial charge < -0.3 is 15.0 Å². The minimum Gasteiger partial charge on any atom is -0.454 e. The summed E-state index contributed by atoms with van der Waals surface area (Å²) in [7, 11) is 0. The molecule has 0 amide bonds. The quantitative estimate of drug-likeness (QED) is 0.542. The van der Waals surface area contributed by atoms with Gasteiger partial charge in [-0.25, -0.2) is 14.8 Å². The van der Waals surface area contributed by atoms with Crippen molar-refractivity contribution in [2.75, 3.05) is 5.73 Å². The van der Waals surface area contributed by atoms with Gasteiger partial charge in [0.1, 0.15) is 10.8 Å². The lowest BCUT2D eigenvalue weighted by Crippen LogP contribution is -2.11. The number of aromatic nitrogens is 3. The first kappa shape index (κ1) is 17.2. The Morgan fingerprint density at radius 2 is 1.89 bits per heavy atom. The van der Waals surface area contributed by atoms with Crippen LogP contribution in [0.3, 0.4) is 0 Å². The molecule has 0 aliphatic carbocycles. The maximum absolute atomic E-state index is 12.8. The van der Waals surface area contributed by atoms with Crippen molar-refractivity contribution in [2.45, 2.75) is 20.5 Å². The zero-order chi connectivity index (χ0) is 19.0. The van der Waals surface area contributed by atoms with Crippen LogP contribution in [-0.4, -0.2) is 20.5 Å². The number of esters is 1. The van der Waals surface area contributed by atoms with Gasteiger partial charge in [-0.2, -0.15) is 0 Å². The average Bonchev–Trinajstić information content (AvgIpc) is 3.29. The number of para-hydroxylation sites is 1. The normalized spacial score (nSPS) is 11.0.